The van der Waals surface area contributed by atoms with Crippen molar-refractivity contribution in [3.05, 3.63) is 39.1 Å². The molecule has 5 nitrogen and oxygen atoms in total. The highest BCUT2D eigenvalue weighted by Crippen LogP contribution is 2.31. The third kappa shape index (κ3) is 2.00. The van der Waals surface area contributed by atoms with Crippen molar-refractivity contribution in [2.75, 3.05) is 4.90 Å². The zero-order valence-corrected chi connectivity index (χ0v) is 10.8. The second kappa shape index (κ2) is 4.36. The molecule has 0 saturated carbocycles. The van der Waals surface area contributed by atoms with Crippen LogP contribution in [0.25, 0.3) is 0 Å². The van der Waals surface area contributed by atoms with E-state index >= 15 is 0 Å². The molecule has 0 N–H and O–H groups in total. The Bertz CT molecular complexity index is 703. The lowest BCUT2D eigenvalue weighted by molar-refractivity contribution is -0.114. The van der Waals surface area contributed by atoms with Crippen LogP contribution in [0.4, 0.5) is 10.1 Å². The number of nitrogens with zero attached hydrogens (tertiary/aromatic N) is 3. The normalized spacial score (nSPS) is 14.1. The summed E-state index contributed by atoms with van der Waals surface area (Å²) in [6.07, 6.45) is 0. The number of hydrogen-bond acceptors (Lipinski definition) is 5. The van der Waals surface area contributed by atoms with E-state index in [4.69, 9.17) is 11.6 Å². The molecule has 0 aliphatic carbocycles. The summed E-state index contributed by atoms with van der Waals surface area (Å²) in [6, 6.07) is 3.66. The minimum absolute atomic E-state index is 0.0700. The topological polar surface area (TPSA) is 63.2 Å². The van der Waals surface area contributed by atoms with E-state index in [0.717, 1.165) is 17.4 Å². The first-order chi connectivity index (χ1) is 9.06. The molecule has 3 rings (SSSR count). The van der Waals surface area contributed by atoms with E-state index < -0.39 is 17.5 Å². The predicted octanol–water partition coefficient (Wildman–Crippen LogP) is 2.06. The maximum absolute atomic E-state index is 13.1. The number of benzene rings is 1. The Hall–Kier alpha value is -1.86. The molecule has 1 amide bonds. The second-order valence-electron chi connectivity index (χ2n) is 3.83. The molecular weight excluding hydrogens is 293 g/mol. The SMILES string of the molecule is O=C1C(=O)N(Cc2nnc(Cl)s2)c2ccc(F)cc21. The van der Waals surface area contributed by atoms with Crippen molar-refractivity contribution < 1.29 is 14.0 Å². The van der Waals surface area contributed by atoms with Crippen molar-refractivity contribution in [3.63, 3.8) is 0 Å². The van der Waals surface area contributed by atoms with E-state index in [1.54, 1.807) is 0 Å². The number of Topliss-reactive ketones (excluding diaryl/α,β-unsaturated/α-hetero) is 1. The van der Waals surface area contributed by atoms with E-state index in [9.17, 15) is 14.0 Å². The van der Waals surface area contributed by atoms with Crippen LogP contribution in [0.1, 0.15) is 15.4 Å². The lowest BCUT2D eigenvalue weighted by atomic mass is 10.1. The molecule has 0 bridgehead atoms. The first-order valence-electron chi connectivity index (χ1n) is 5.20. The fourth-order valence-corrected chi connectivity index (χ4v) is 2.72. The summed E-state index contributed by atoms with van der Waals surface area (Å²) in [5.41, 5.74) is 0.448. The third-order valence-corrected chi connectivity index (χ3v) is 3.67. The van der Waals surface area contributed by atoms with Gasteiger partial charge < -0.3 is 0 Å². The number of amides is 1. The first-order valence-corrected chi connectivity index (χ1v) is 6.39. The van der Waals surface area contributed by atoms with Gasteiger partial charge in [-0.2, -0.15) is 0 Å². The minimum Gasteiger partial charge on any atom is -0.298 e. The second-order valence-corrected chi connectivity index (χ2v) is 5.47. The van der Waals surface area contributed by atoms with Crippen molar-refractivity contribution in [1.82, 2.24) is 10.2 Å². The fraction of sp³-hybridized carbons (Fsp3) is 0.0909. The average Bonchev–Trinajstić information content (AvgIpc) is 2.88. The number of rotatable bonds is 2. The zero-order valence-electron chi connectivity index (χ0n) is 9.26. The van der Waals surface area contributed by atoms with Crippen LogP contribution in [0.3, 0.4) is 0 Å². The number of fused-ring (bicyclic) bond motifs is 1. The Balaban J connectivity index is 1.99. The molecular formula is C11H5ClFN3O2S. The van der Waals surface area contributed by atoms with Crippen LogP contribution in [0.2, 0.25) is 4.47 Å². The van der Waals surface area contributed by atoms with Crippen molar-refractivity contribution in [2.24, 2.45) is 0 Å². The smallest absolute Gasteiger partial charge is 0.298 e. The molecule has 96 valence electrons. The van der Waals surface area contributed by atoms with Gasteiger partial charge in [0.15, 0.2) is 0 Å². The molecule has 2 heterocycles. The molecule has 1 aliphatic heterocycles. The molecule has 1 aromatic heterocycles. The maximum atomic E-state index is 13.1. The summed E-state index contributed by atoms with van der Waals surface area (Å²) in [4.78, 5) is 24.8. The van der Waals surface area contributed by atoms with Crippen LogP contribution in [-0.4, -0.2) is 21.9 Å². The van der Waals surface area contributed by atoms with Crippen molar-refractivity contribution in [1.29, 1.82) is 0 Å². The van der Waals surface area contributed by atoms with Gasteiger partial charge in [0.25, 0.3) is 11.7 Å². The number of aromatic nitrogens is 2. The molecule has 0 spiro atoms. The van der Waals surface area contributed by atoms with Crippen molar-refractivity contribution in [2.45, 2.75) is 6.54 Å². The van der Waals surface area contributed by atoms with E-state index in [-0.39, 0.29) is 16.6 Å². The Labute approximate surface area is 115 Å². The van der Waals surface area contributed by atoms with Gasteiger partial charge in [0.2, 0.25) is 4.47 Å². The number of ketones is 1. The Kier molecular flexibility index (Phi) is 2.79. The van der Waals surface area contributed by atoms with E-state index in [2.05, 4.69) is 10.2 Å². The first kappa shape index (κ1) is 12.2. The molecule has 1 aromatic carbocycles. The van der Waals surface area contributed by atoms with E-state index in [1.165, 1.54) is 17.0 Å². The lowest BCUT2D eigenvalue weighted by Crippen LogP contribution is -2.29. The number of anilines is 1. The number of carbonyl (C=O) groups is 2. The number of halogens is 2. The monoisotopic (exact) mass is 297 g/mol. The quantitative estimate of drug-likeness (QED) is 0.796. The highest BCUT2D eigenvalue weighted by Gasteiger charge is 2.36. The largest absolute Gasteiger partial charge is 0.299 e. The molecule has 0 saturated heterocycles. The summed E-state index contributed by atoms with van der Waals surface area (Å²) in [5.74, 6) is -1.97. The molecule has 0 atom stereocenters. The van der Waals surface area contributed by atoms with Gasteiger partial charge in [0, 0.05) is 0 Å². The minimum atomic E-state index is -0.717. The molecule has 0 radical (unpaired) electrons. The van der Waals surface area contributed by atoms with Crippen LogP contribution < -0.4 is 4.90 Å². The van der Waals surface area contributed by atoms with E-state index in [1.807, 2.05) is 0 Å². The van der Waals surface area contributed by atoms with Gasteiger partial charge in [-0.25, -0.2) is 4.39 Å². The van der Waals surface area contributed by atoms with Crippen LogP contribution in [0.15, 0.2) is 18.2 Å². The predicted molar refractivity (Wildman–Crippen MR) is 66.8 cm³/mol. The molecule has 0 unspecified atom stereocenters. The van der Waals surface area contributed by atoms with Gasteiger partial charge in [-0.3, -0.25) is 14.5 Å². The van der Waals surface area contributed by atoms with Gasteiger partial charge in [0.1, 0.15) is 10.8 Å². The maximum Gasteiger partial charge on any atom is 0.299 e. The van der Waals surface area contributed by atoms with Crippen LogP contribution in [-0.2, 0) is 11.3 Å². The van der Waals surface area contributed by atoms with Gasteiger partial charge in [-0.15, -0.1) is 10.2 Å². The standard InChI is InChI=1S/C11H5ClFN3O2S/c12-11-15-14-8(19-11)4-16-7-2-1-5(13)3-6(7)9(17)10(16)18/h1-3H,4H2. The molecule has 19 heavy (non-hydrogen) atoms. The van der Waals surface area contributed by atoms with Gasteiger partial charge in [-0.1, -0.05) is 11.3 Å². The van der Waals surface area contributed by atoms with Crippen LogP contribution in [0.5, 0.6) is 0 Å². The van der Waals surface area contributed by atoms with Crippen molar-refractivity contribution in [3.8, 4) is 0 Å². The van der Waals surface area contributed by atoms with Crippen LogP contribution >= 0.6 is 22.9 Å². The molecule has 0 fully saturated rings. The average molecular weight is 298 g/mol. The fourth-order valence-electron chi connectivity index (χ4n) is 1.86. The van der Waals surface area contributed by atoms with E-state index in [0.29, 0.717) is 10.7 Å². The van der Waals surface area contributed by atoms with Gasteiger partial charge in [-0.05, 0) is 29.8 Å². The lowest BCUT2D eigenvalue weighted by Gasteiger charge is -2.13. The zero-order chi connectivity index (χ0) is 13.6. The van der Waals surface area contributed by atoms with Crippen molar-refractivity contribution >= 4 is 40.3 Å². The number of carbonyl (C=O) groups excluding carboxylic acids is 2. The highest BCUT2D eigenvalue weighted by molar-refractivity contribution is 7.15. The summed E-state index contributed by atoms with van der Waals surface area (Å²) < 4.78 is 13.4. The number of hydrogen-bond donors (Lipinski definition) is 0. The highest BCUT2D eigenvalue weighted by atomic mass is 35.5. The third-order valence-electron chi connectivity index (χ3n) is 2.67. The summed E-state index contributed by atoms with van der Waals surface area (Å²) in [6.45, 7) is 0.0909. The summed E-state index contributed by atoms with van der Waals surface area (Å²) >= 11 is 6.78. The Morgan fingerprint density at radius 1 is 1.32 bits per heavy atom. The summed E-state index contributed by atoms with van der Waals surface area (Å²) in [5, 5.41) is 7.91. The molecule has 8 heteroatoms. The molecule has 2 aromatic rings. The van der Waals surface area contributed by atoms with Crippen LogP contribution in [0, 0.1) is 5.82 Å². The van der Waals surface area contributed by atoms with Gasteiger partial charge >= 0.3 is 0 Å². The Morgan fingerprint density at radius 2 is 2.11 bits per heavy atom. The summed E-state index contributed by atoms with van der Waals surface area (Å²) in [7, 11) is 0. The molecule has 1 aliphatic rings. The Morgan fingerprint density at radius 3 is 2.79 bits per heavy atom. The van der Waals surface area contributed by atoms with Gasteiger partial charge in [0.05, 0.1) is 17.8 Å².